The molecule has 0 aliphatic carbocycles. The smallest absolute Gasteiger partial charge is 0.137 e. The average Bonchev–Trinajstić information content (AvgIpc) is 2.40. The summed E-state index contributed by atoms with van der Waals surface area (Å²) in [6, 6.07) is 12.0. The Balaban J connectivity index is 2.13. The fourth-order valence-electron chi connectivity index (χ4n) is 1.60. The Morgan fingerprint density at radius 1 is 1.32 bits per heavy atom. The molecule has 2 rings (SSSR count). The van der Waals surface area contributed by atoms with Crippen LogP contribution in [0, 0.1) is 17.1 Å². The molecule has 19 heavy (non-hydrogen) atoms. The maximum absolute atomic E-state index is 13.3. The molecule has 0 saturated heterocycles. The summed E-state index contributed by atoms with van der Waals surface area (Å²) in [5.74, 6) is -0.294. The summed E-state index contributed by atoms with van der Waals surface area (Å²) >= 11 is 9.14. The van der Waals surface area contributed by atoms with Crippen LogP contribution in [0.5, 0.6) is 0 Å². The van der Waals surface area contributed by atoms with Gasteiger partial charge in [0.25, 0.3) is 0 Å². The van der Waals surface area contributed by atoms with Crippen molar-refractivity contribution < 1.29 is 4.39 Å². The van der Waals surface area contributed by atoms with E-state index in [9.17, 15) is 4.39 Å². The summed E-state index contributed by atoms with van der Waals surface area (Å²) in [6.07, 6.45) is 0. The number of nitrogens with one attached hydrogen (secondary N) is 1. The Labute approximate surface area is 123 Å². The van der Waals surface area contributed by atoms with Gasteiger partial charge in [-0.3, -0.25) is 0 Å². The molecule has 0 unspecified atom stereocenters. The van der Waals surface area contributed by atoms with E-state index in [2.05, 4.69) is 21.2 Å². The monoisotopic (exact) mass is 338 g/mol. The molecule has 2 aromatic rings. The molecular weight excluding hydrogens is 331 g/mol. The topological polar surface area (TPSA) is 35.8 Å². The second kappa shape index (κ2) is 6.05. The van der Waals surface area contributed by atoms with Crippen molar-refractivity contribution in [2.75, 3.05) is 5.32 Å². The van der Waals surface area contributed by atoms with Crippen LogP contribution in [0.3, 0.4) is 0 Å². The van der Waals surface area contributed by atoms with Gasteiger partial charge in [-0.05, 0) is 45.8 Å². The first-order valence-corrected chi connectivity index (χ1v) is 6.65. The van der Waals surface area contributed by atoms with E-state index in [4.69, 9.17) is 16.9 Å². The van der Waals surface area contributed by atoms with Crippen LogP contribution < -0.4 is 5.32 Å². The molecule has 0 aliphatic rings. The number of hydrogen-bond donors (Lipinski definition) is 1. The third kappa shape index (κ3) is 3.25. The Hall–Kier alpha value is -1.57. The fourth-order valence-corrected chi connectivity index (χ4v) is 2.23. The minimum atomic E-state index is -0.294. The van der Waals surface area contributed by atoms with Gasteiger partial charge >= 0.3 is 0 Å². The van der Waals surface area contributed by atoms with Gasteiger partial charge in [-0.2, -0.15) is 5.26 Å². The minimum absolute atomic E-state index is 0.294. The molecule has 0 heterocycles. The lowest BCUT2D eigenvalue weighted by Crippen LogP contribution is -2.01. The van der Waals surface area contributed by atoms with Crippen molar-refractivity contribution in [3.63, 3.8) is 0 Å². The standard InChI is InChI=1S/C14H9BrClFN2/c15-14-10(2-1-3-13(14)17)8-19-11-5-4-9(7-18)12(16)6-11/h1-6,19H,8H2. The number of benzene rings is 2. The molecule has 0 aliphatic heterocycles. The van der Waals surface area contributed by atoms with Crippen LogP contribution in [-0.4, -0.2) is 0 Å². The summed E-state index contributed by atoms with van der Waals surface area (Å²) in [4.78, 5) is 0. The first-order chi connectivity index (χ1) is 9.11. The number of nitrogens with zero attached hydrogens (tertiary/aromatic N) is 1. The summed E-state index contributed by atoms with van der Waals surface area (Å²) in [7, 11) is 0. The van der Waals surface area contributed by atoms with Crippen LogP contribution >= 0.6 is 27.5 Å². The van der Waals surface area contributed by atoms with Crippen molar-refractivity contribution in [3.05, 3.63) is 62.8 Å². The van der Waals surface area contributed by atoms with E-state index in [1.165, 1.54) is 6.07 Å². The van der Waals surface area contributed by atoms with E-state index >= 15 is 0 Å². The van der Waals surface area contributed by atoms with Crippen LogP contribution in [0.15, 0.2) is 40.9 Å². The van der Waals surface area contributed by atoms with Gasteiger partial charge in [0.15, 0.2) is 0 Å². The zero-order chi connectivity index (χ0) is 13.8. The highest BCUT2D eigenvalue weighted by atomic mass is 79.9. The maximum atomic E-state index is 13.3. The van der Waals surface area contributed by atoms with Gasteiger partial charge < -0.3 is 5.32 Å². The molecule has 0 bridgehead atoms. The molecule has 0 fully saturated rings. The van der Waals surface area contributed by atoms with Crippen molar-refractivity contribution in [1.82, 2.24) is 0 Å². The molecule has 2 aromatic carbocycles. The van der Waals surface area contributed by atoms with Crippen LogP contribution in [-0.2, 0) is 6.54 Å². The Morgan fingerprint density at radius 2 is 2.11 bits per heavy atom. The number of anilines is 1. The molecule has 5 heteroatoms. The predicted octanol–water partition coefficient (Wildman–Crippen LogP) is 4.73. The number of nitriles is 1. The Bertz CT molecular complexity index is 652. The SMILES string of the molecule is N#Cc1ccc(NCc2cccc(F)c2Br)cc1Cl. The van der Waals surface area contributed by atoms with Gasteiger partial charge in [0, 0.05) is 12.2 Å². The lowest BCUT2D eigenvalue weighted by Gasteiger charge is -2.09. The quantitative estimate of drug-likeness (QED) is 0.878. The zero-order valence-electron chi connectivity index (χ0n) is 9.75. The highest BCUT2D eigenvalue weighted by Gasteiger charge is 2.05. The van der Waals surface area contributed by atoms with Crippen molar-refractivity contribution in [3.8, 4) is 6.07 Å². The molecule has 0 aromatic heterocycles. The Morgan fingerprint density at radius 3 is 2.79 bits per heavy atom. The van der Waals surface area contributed by atoms with Gasteiger partial charge in [-0.15, -0.1) is 0 Å². The predicted molar refractivity (Wildman–Crippen MR) is 77.6 cm³/mol. The summed E-state index contributed by atoms with van der Waals surface area (Å²) in [6.45, 7) is 0.459. The first-order valence-electron chi connectivity index (χ1n) is 5.48. The van der Waals surface area contributed by atoms with Crippen molar-refractivity contribution in [1.29, 1.82) is 5.26 Å². The minimum Gasteiger partial charge on any atom is -0.381 e. The van der Waals surface area contributed by atoms with Gasteiger partial charge in [0.1, 0.15) is 11.9 Å². The summed E-state index contributed by atoms with van der Waals surface area (Å²) in [5, 5.41) is 12.3. The fraction of sp³-hybridized carbons (Fsp3) is 0.0714. The molecule has 0 saturated carbocycles. The number of hydrogen-bond acceptors (Lipinski definition) is 2. The maximum Gasteiger partial charge on any atom is 0.137 e. The molecule has 0 radical (unpaired) electrons. The number of halogens is 3. The summed E-state index contributed by atoms with van der Waals surface area (Å²) in [5.41, 5.74) is 2.01. The van der Waals surface area contributed by atoms with E-state index in [1.807, 2.05) is 12.1 Å². The number of rotatable bonds is 3. The van der Waals surface area contributed by atoms with Crippen molar-refractivity contribution >= 4 is 33.2 Å². The van der Waals surface area contributed by atoms with Crippen molar-refractivity contribution in [2.24, 2.45) is 0 Å². The van der Waals surface area contributed by atoms with E-state index in [1.54, 1.807) is 24.3 Å². The van der Waals surface area contributed by atoms with Crippen LogP contribution in [0.1, 0.15) is 11.1 Å². The van der Waals surface area contributed by atoms with E-state index in [0.717, 1.165) is 11.3 Å². The van der Waals surface area contributed by atoms with E-state index < -0.39 is 0 Å². The third-order valence-electron chi connectivity index (χ3n) is 2.60. The molecule has 0 amide bonds. The summed E-state index contributed by atoms with van der Waals surface area (Å²) < 4.78 is 13.8. The molecule has 2 nitrogen and oxygen atoms in total. The highest BCUT2D eigenvalue weighted by Crippen LogP contribution is 2.23. The molecule has 0 atom stereocenters. The molecule has 96 valence electrons. The molecule has 1 N–H and O–H groups in total. The van der Waals surface area contributed by atoms with Gasteiger partial charge in [0.05, 0.1) is 15.1 Å². The lowest BCUT2D eigenvalue weighted by atomic mass is 10.2. The lowest BCUT2D eigenvalue weighted by molar-refractivity contribution is 0.618. The highest BCUT2D eigenvalue weighted by molar-refractivity contribution is 9.10. The largest absolute Gasteiger partial charge is 0.381 e. The zero-order valence-corrected chi connectivity index (χ0v) is 12.1. The van der Waals surface area contributed by atoms with Crippen LogP contribution in [0.4, 0.5) is 10.1 Å². The van der Waals surface area contributed by atoms with Crippen LogP contribution in [0.2, 0.25) is 5.02 Å². The molecule has 0 spiro atoms. The Kier molecular flexibility index (Phi) is 4.41. The first kappa shape index (κ1) is 13.9. The third-order valence-corrected chi connectivity index (χ3v) is 3.80. The van der Waals surface area contributed by atoms with E-state index in [-0.39, 0.29) is 5.82 Å². The second-order valence-corrected chi connectivity index (χ2v) is 5.07. The van der Waals surface area contributed by atoms with Crippen molar-refractivity contribution in [2.45, 2.75) is 6.54 Å². The molecular formula is C14H9BrClFN2. The average molecular weight is 340 g/mol. The van der Waals surface area contributed by atoms with Gasteiger partial charge in [-0.1, -0.05) is 23.7 Å². The van der Waals surface area contributed by atoms with E-state index in [0.29, 0.717) is 21.6 Å². The van der Waals surface area contributed by atoms with Crippen LogP contribution in [0.25, 0.3) is 0 Å². The van der Waals surface area contributed by atoms with Gasteiger partial charge in [0.2, 0.25) is 0 Å². The van der Waals surface area contributed by atoms with Gasteiger partial charge in [-0.25, -0.2) is 4.39 Å². The normalized spacial score (nSPS) is 10.0. The second-order valence-electron chi connectivity index (χ2n) is 3.87.